The Hall–Kier alpha value is -3.18. The van der Waals surface area contributed by atoms with E-state index in [1.165, 1.54) is 12.1 Å². The fourth-order valence-corrected chi connectivity index (χ4v) is 3.06. The normalized spacial score (nSPS) is 13.2. The van der Waals surface area contributed by atoms with Gasteiger partial charge < -0.3 is 15.5 Å². The highest BCUT2D eigenvalue weighted by atomic mass is 16.4. The van der Waals surface area contributed by atoms with Crippen molar-refractivity contribution in [3.63, 3.8) is 0 Å². The van der Waals surface area contributed by atoms with Crippen LogP contribution < -0.4 is 5.32 Å². The Morgan fingerprint density at radius 1 is 0.885 bits per heavy atom. The molecule has 3 rings (SSSR count). The molecule has 0 radical (unpaired) electrons. The number of aliphatic hydroxyl groups is 1. The SMILES string of the molecule is CC(NC(=O)c1ccccc1[C@@H](O)C(=O)O)c1cccc2ccccc12. The summed E-state index contributed by atoms with van der Waals surface area (Å²) in [7, 11) is 0. The van der Waals surface area contributed by atoms with E-state index in [0.29, 0.717) is 0 Å². The summed E-state index contributed by atoms with van der Waals surface area (Å²) in [5.41, 5.74) is 1.19. The lowest BCUT2D eigenvalue weighted by atomic mass is 9.98. The molecule has 0 aliphatic heterocycles. The minimum Gasteiger partial charge on any atom is -0.479 e. The van der Waals surface area contributed by atoms with Crippen molar-refractivity contribution in [3.8, 4) is 0 Å². The number of fused-ring (bicyclic) bond motifs is 1. The Morgan fingerprint density at radius 2 is 1.50 bits per heavy atom. The number of carboxylic acid groups (broad SMARTS) is 1. The van der Waals surface area contributed by atoms with E-state index in [1.807, 2.05) is 49.4 Å². The summed E-state index contributed by atoms with van der Waals surface area (Å²) in [6, 6.07) is 19.7. The molecule has 0 spiro atoms. The van der Waals surface area contributed by atoms with Gasteiger partial charge in [-0.05, 0) is 29.3 Å². The summed E-state index contributed by atoms with van der Waals surface area (Å²) in [6.45, 7) is 1.87. The largest absolute Gasteiger partial charge is 0.479 e. The zero-order valence-electron chi connectivity index (χ0n) is 14.2. The van der Waals surface area contributed by atoms with Crippen LogP contribution in [0.2, 0.25) is 0 Å². The number of aliphatic carboxylic acids is 1. The van der Waals surface area contributed by atoms with Crippen LogP contribution in [-0.2, 0) is 4.79 Å². The molecule has 0 aliphatic carbocycles. The maximum absolute atomic E-state index is 12.7. The molecule has 0 saturated heterocycles. The van der Waals surface area contributed by atoms with Gasteiger partial charge in [-0.15, -0.1) is 0 Å². The minimum absolute atomic E-state index is 0.0719. The van der Waals surface area contributed by atoms with Crippen molar-refractivity contribution >= 4 is 22.6 Å². The van der Waals surface area contributed by atoms with Crippen LogP contribution in [0, 0.1) is 0 Å². The molecule has 0 heterocycles. The summed E-state index contributed by atoms with van der Waals surface area (Å²) < 4.78 is 0. The molecule has 3 aromatic rings. The number of hydrogen-bond acceptors (Lipinski definition) is 3. The first kappa shape index (κ1) is 17.6. The van der Waals surface area contributed by atoms with Crippen molar-refractivity contribution in [2.24, 2.45) is 0 Å². The van der Waals surface area contributed by atoms with Gasteiger partial charge in [0.05, 0.1) is 6.04 Å². The van der Waals surface area contributed by atoms with E-state index < -0.39 is 18.0 Å². The number of nitrogens with one attached hydrogen (secondary N) is 1. The van der Waals surface area contributed by atoms with Gasteiger partial charge in [0.15, 0.2) is 6.10 Å². The third-order valence-corrected chi connectivity index (χ3v) is 4.37. The second-order valence-electron chi connectivity index (χ2n) is 6.09. The lowest BCUT2D eigenvalue weighted by Crippen LogP contribution is -2.28. The average Bonchev–Trinajstić information content (AvgIpc) is 2.66. The van der Waals surface area contributed by atoms with Gasteiger partial charge in [-0.25, -0.2) is 4.79 Å². The number of carbonyl (C=O) groups is 2. The second kappa shape index (κ2) is 7.37. The van der Waals surface area contributed by atoms with Crippen LogP contribution in [0.15, 0.2) is 66.7 Å². The van der Waals surface area contributed by atoms with Crippen LogP contribution in [-0.4, -0.2) is 22.1 Å². The van der Waals surface area contributed by atoms with Gasteiger partial charge in [0.2, 0.25) is 0 Å². The van der Waals surface area contributed by atoms with Gasteiger partial charge in [0.1, 0.15) is 0 Å². The fourth-order valence-electron chi connectivity index (χ4n) is 3.06. The Bertz CT molecular complexity index is 962. The average molecular weight is 349 g/mol. The predicted octanol–water partition coefficient (Wildman–Crippen LogP) is 3.45. The van der Waals surface area contributed by atoms with Crippen molar-refractivity contribution in [2.75, 3.05) is 0 Å². The standard InChI is InChI=1S/C21H19NO4/c1-13(15-12-6-8-14-7-2-3-9-16(14)15)22-20(24)18-11-5-4-10-17(18)19(23)21(25)26/h2-13,19,23H,1H3,(H,22,24)(H,25,26)/t13?,19-/m1/s1. The Morgan fingerprint density at radius 3 is 2.27 bits per heavy atom. The van der Waals surface area contributed by atoms with E-state index in [0.717, 1.165) is 16.3 Å². The van der Waals surface area contributed by atoms with Crippen molar-refractivity contribution in [3.05, 3.63) is 83.4 Å². The third-order valence-electron chi connectivity index (χ3n) is 4.37. The Kier molecular flexibility index (Phi) is 5.00. The molecule has 0 aliphatic rings. The smallest absolute Gasteiger partial charge is 0.337 e. The molecule has 1 unspecified atom stereocenters. The van der Waals surface area contributed by atoms with E-state index >= 15 is 0 Å². The molecule has 2 atom stereocenters. The number of benzene rings is 3. The van der Waals surface area contributed by atoms with Gasteiger partial charge >= 0.3 is 5.97 Å². The highest BCUT2D eigenvalue weighted by Crippen LogP contribution is 2.25. The van der Waals surface area contributed by atoms with Crippen LogP contribution in [0.1, 0.15) is 40.6 Å². The predicted molar refractivity (Wildman–Crippen MR) is 98.9 cm³/mol. The Labute approximate surface area is 150 Å². The molecule has 0 bridgehead atoms. The van der Waals surface area contributed by atoms with E-state index in [-0.39, 0.29) is 17.2 Å². The van der Waals surface area contributed by atoms with E-state index in [9.17, 15) is 14.7 Å². The molecular weight excluding hydrogens is 330 g/mol. The molecule has 0 aromatic heterocycles. The van der Waals surface area contributed by atoms with Crippen LogP contribution in [0.4, 0.5) is 0 Å². The van der Waals surface area contributed by atoms with Gasteiger partial charge in [-0.2, -0.15) is 0 Å². The second-order valence-corrected chi connectivity index (χ2v) is 6.09. The monoisotopic (exact) mass is 349 g/mol. The quantitative estimate of drug-likeness (QED) is 0.658. The molecule has 0 saturated carbocycles. The number of carbonyl (C=O) groups excluding carboxylic acids is 1. The summed E-state index contributed by atoms with van der Waals surface area (Å²) in [4.78, 5) is 23.8. The number of carboxylic acids is 1. The van der Waals surface area contributed by atoms with Crippen LogP contribution in [0.3, 0.4) is 0 Å². The van der Waals surface area contributed by atoms with Gasteiger partial charge in [-0.3, -0.25) is 4.79 Å². The maximum Gasteiger partial charge on any atom is 0.337 e. The first-order valence-corrected chi connectivity index (χ1v) is 8.27. The van der Waals surface area contributed by atoms with Crippen LogP contribution in [0.25, 0.3) is 10.8 Å². The van der Waals surface area contributed by atoms with E-state index in [2.05, 4.69) is 5.32 Å². The summed E-state index contributed by atoms with van der Waals surface area (Å²) in [6.07, 6.45) is -1.75. The van der Waals surface area contributed by atoms with E-state index in [4.69, 9.17) is 5.11 Å². The first-order valence-electron chi connectivity index (χ1n) is 8.27. The maximum atomic E-state index is 12.7. The summed E-state index contributed by atoms with van der Waals surface area (Å²) in [5.74, 6) is -1.83. The number of amides is 1. The van der Waals surface area contributed by atoms with Gasteiger partial charge in [0, 0.05) is 11.1 Å². The van der Waals surface area contributed by atoms with Gasteiger partial charge in [0.25, 0.3) is 5.91 Å². The summed E-state index contributed by atoms with van der Waals surface area (Å²) in [5, 5.41) is 23.9. The van der Waals surface area contributed by atoms with Crippen molar-refractivity contribution in [2.45, 2.75) is 19.1 Å². The molecular formula is C21H19NO4. The molecule has 5 nitrogen and oxygen atoms in total. The zero-order valence-corrected chi connectivity index (χ0v) is 14.2. The fraction of sp³-hybridized carbons (Fsp3) is 0.143. The minimum atomic E-state index is -1.75. The molecule has 0 fully saturated rings. The molecule has 3 aromatic carbocycles. The molecule has 26 heavy (non-hydrogen) atoms. The molecule has 5 heteroatoms. The zero-order chi connectivity index (χ0) is 18.7. The van der Waals surface area contributed by atoms with Crippen LogP contribution in [0.5, 0.6) is 0 Å². The van der Waals surface area contributed by atoms with Gasteiger partial charge in [-0.1, -0.05) is 60.7 Å². The number of rotatable bonds is 5. The number of aliphatic hydroxyl groups excluding tert-OH is 1. The highest BCUT2D eigenvalue weighted by Gasteiger charge is 2.23. The molecule has 3 N–H and O–H groups in total. The lowest BCUT2D eigenvalue weighted by Gasteiger charge is -2.18. The van der Waals surface area contributed by atoms with Crippen molar-refractivity contribution in [1.82, 2.24) is 5.32 Å². The lowest BCUT2D eigenvalue weighted by molar-refractivity contribution is -0.146. The first-order chi connectivity index (χ1) is 12.5. The van der Waals surface area contributed by atoms with Crippen LogP contribution >= 0.6 is 0 Å². The Balaban J connectivity index is 1.90. The number of hydrogen-bond donors (Lipinski definition) is 3. The molecule has 1 amide bonds. The molecule has 132 valence electrons. The topological polar surface area (TPSA) is 86.6 Å². The van der Waals surface area contributed by atoms with Crippen molar-refractivity contribution < 1.29 is 19.8 Å². The third kappa shape index (κ3) is 3.43. The van der Waals surface area contributed by atoms with Crippen molar-refractivity contribution in [1.29, 1.82) is 0 Å². The highest BCUT2D eigenvalue weighted by molar-refractivity contribution is 5.97. The van der Waals surface area contributed by atoms with E-state index in [1.54, 1.807) is 12.1 Å². The summed E-state index contributed by atoms with van der Waals surface area (Å²) >= 11 is 0.